The van der Waals surface area contributed by atoms with Crippen LogP contribution < -0.4 is 45.7 Å². The van der Waals surface area contributed by atoms with Gasteiger partial charge >= 0.3 is 29.6 Å². The van der Waals surface area contributed by atoms with Crippen LogP contribution in [0.15, 0.2) is 0 Å². The number of carbonyl (C=O) groups is 1. The predicted octanol–water partition coefficient (Wildman–Crippen LogP) is -1.96. The third-order valence-corrected chi connectivity index (χ3v) is 2.38. The first-order chi connectivity index (χ1) is 8.04. The van der Waals surface area contributed by atoms with Gasteiger partial charge in [-0.25, -0.2) is 0 Å². The van der Waals surface area contributed by atoms with E-state index in [2.05, 4.69) is 19.2 Å². The van der Waals surface area contributed by atoms with Crippen LogP contribution in [-0.2, 0) is 4.79 Å². The fourth-order valence-corrected chi connectivity index (χ4v) is 1.34. The molecule has 0 aromatic carbocycles. The number of unbranched alkanes of at least 4 members (excludes halogenated alkanes) is 5. The van der Waals surface area contributed by atoms with Crippen LogP contribution in [0.4, 0.5) is 0 Å². The fraction of sp³-hybridized carbons (Fsp3) is 0.923. The second kappa shape index (κ2) is 19.7. The summed E-state index contributed by atoms with van der Waals surface area (Å²) in [6, 6.07) is 0.482. The maximum absolute atomic E-state index is 8.89. The molecule has 0 aliphatic carbocycles. The molecule has 0 aliphatic rings. The summed E-state index contributed by atoms with van der Waals surface area (Å²) in [7, 11) is 0. The van der Waals surface area contributed by atoms with Crippen molar-refractivity contribution < 1.29 is 39.5 Å². The number of aliphatic carboxylic acids is 1. The van der Waals surface area contributed by atoms with Crippen LogP contribution in [0.25, 0.3) is 0 Å². The summed E-state index contributed by atoms with van der Waals surface area (Å²) in [5.74, 6) is -1.08. The summed E-state index contributed by atoms with van der Waals surface area (Å²) < 4.78 is 0. The topological polar surface area (TPSA) is 78.2 Å². The molecule has 0 saturated carbocycles. The third kappa shape index (κ3) is 29.9. The molecule has 0 heterocycles. The Morgan fingerprint density at radius 3 is 2.11 bits per heavy atom. The van der Waals surface area contributed by atoms with Crippen molar-refractivity contribution in [1.29, 1.82) is 0 Å². The average molecular weight is 268 g/mol. The van der Waals surface area contributed by atoms with Crippen LogP contribution in [0.1, 0.15) is 59.3 Å². The van der Waals surface area contributed by atoms with Gasteiger partial charge < -0.3 is 21.0 Å². The first kappa shape index (κ1) is 23.5. The molecule has 0 fully saturated rings. The third-order valence-electron chi connectivity index (χ3n) is 2.38. The molecular formula is C13H29N2NaO2. The zero-order chi connectivity index (χ0) is 13.5. The minimum atomic E-state index is -1.08. The van der Waals surface area contributed by atoms with Crippen molar-refractivity contribution in [2.24, 2.45) is 5.73 Å². The Labute approximate surface area is 134 Å². The van der Waals surface area contributed by atoms with Crippen molar-refractivity contribution in [3.8, 4) is 0 Å². The Hall–Kier alpha value is 0.390. The molecule has 0 amide bonds. The van der Waals surface area contributed by atoms with Crippen LogP contribution in [0.2, 0.25) is 0 Å². The molecule has 0 bridgehead atoms. The van der Waals surface area contributed by atoms with Crippen molar-refractivity contribution in [2.75, 3.05) is 13.1 Å². The Balaban J connectivity index is -0.000000392. The summed E-state index contributed by atoms with van der Waals surface area (Å²) in [4.78, 5) is 8.89. The molecular weight excluding hydrogens is 239 g/mol. The molecule has 0 aromatic rings. The fourth-order valence-electron chi connectivity index (χ4n) is 1.34. The van der Waals surface area contributed by atoms with E-state index in [0.29, 0.717) is 6.04 Å². The molecule has 0 aromatic heterocycles. The van der Waals surface area contributed by atoms with Crippen molar-refractivity contribution in [3.63, 3.8) is 0 Å². The van der Waals surface area contributed by atoms with Gasteiger partial charge in [-0.05, 0) is 26.8 Å². The minimum Gasteiger partial charge on any atom is -0.550 e. The summed E-state index contributed by atoms with van der Waals surface area (Å²) in [5.41, 5.74) is 5.49. The van der Waals surface area contributed by atoms with E-state index in [9.17, 15) is 0 Å². The van der Waals surface area contributed by atoms with Crippen molar-refractivity contribution in [3.05, 3.63) is 0 Å². The van der Waals surface area contributed by atoms with Crippen molar-refractivity contribution >= 4 is 5.97 Å². The molecule has 104 valence electrons. The van der Waals surface area contributed by atoms with Crippen molar-refractivity contribution in [2.45, 2.75) is 65.3 Å². The van der Waals surface area contributed by atoms with Gasteiger partial charge in [-0.2, -0.15) is 0 Å². The van der Waals surface area contributed by atoms with E-state index >= 15 is 0 Å². The van der Waals surface area contributed by atoms with Crippen LogP contribution in [-0.4, -0.2) is 25.1 Å². The summed E-state index contributed by atoms with van der Waals surface area (Å²) >= 11 is 0. The van der Waals surface area contributed by atoms with E-state index in [0.717, 1.165) is 20.0 Å². The van der Waals surface area contributed by atoms with Gasteiger partial charge in [-0.1, -0.05) is 39.0 Å². The van der Waals surface area contributed by atoms with Crippen LogP contribution >= 0.6 is 0 Å². The van der Waals surface area contributed by atoms with Gasteiger partial charge in [0.2, 0.25) is 0 Å². The maximum Gasteiger partial charge on any atom is 1.00 e. The maximum atomic E-state index is 8.89. The smallest absolute Gasteiger partial charge is 0.550 e. The zero-order valence-electron chi connectivity index (χ0n) is 12.6. The zero-order valence-corrected chi connectivity index (χ0v) is 14.6. The SMILES string of the molecule is CC(=O)[O-].CCCCCCCCNC(C)CN.[Na+]. The number of carboxylic acid groups (broad SMARTS) is 1. The Morgan fingerprint density at radius 2 is 1.67 bits per heavy atom. The van der Waals surface area contributed by atoms with E-state index in [-0.39, 0.29) is 29.6 Å². The minimum absolute atomic E-state index is 0. The largest absolute Gasteiger partial charge is 1.00 e. The van der Waals surface area contributed by atoms with Gasteiger partial charge in [0.15, 0.2) is 0 Å². The number of rotatable bonds is 9. The Morgan fingerprint density at radius 1 is 1.22 bits per heavy atom. The number of carbonyl (C=O) groups excluding carboxylic acids is 1. The number of carboxylic acids is 1. The molecule has 18 heavy (non-hydrogen) atoms. The molecule has 0 spiro atoms. The van der Waals surface area contributed by atoms with Gasteiger partial charge in [0.05, 0.1) is 0 Å². The average Bonchev–Trinajstić information content (AvgIpc) is 2.26. The van der Waals surface area contributed by atoms with E-state index in [4.69, 9.17) is 15.6 Å². The number of nitrogens with one attached hydrogen (secondary N) is 1. The van der Waals surface area contributed by atoms with E-state index in [1.807, 2.05) is 0 Å². The quantitative estimate of drug-likeness (QED) is 0.376. The summed E-state index contributed by atoms with van der Waals surface area (Å²) in [6.45, 7) is 7.24. The molecule has 0 rings (SSSR count). The van der Waals surface area contributed by atoms with E-state index in [1.54, 1.807) is 0 Å². The molecule has 0 radical (unpaired) electrons. The van der Waals surface area contributed by atoms with Gasteiger partial charge in [-0.3, -0.25) is 0 Å². The molecule has 5 heteroatoms. The normalized spacial score (nSPS) is 10.9. The van der Waals surface area contributed by atoms with E-state index < -0.39 is 5.97 Å². The molecule has 4 nitrogen and oxygen atoms in total. The Bertz CT molecular complexity index is 165. The molecule has 0 saturated heterocycles. The number of nitrogens with two attached hydrogens (primary N) is 1. The second-order valence-corrected chi connectivity index (χ2v) is 4.35. The van der Waals surface area contributed by atoms with Crippen LogP contribution in [0.3, 0.4) is 0 Å². The first-order valence-electron chi connectivity index (χ1n) is 6.65. The first-order valence-corrected chi connectivity index (χ1v) is 6.65. The number of hydrogen-bond donors (Lipinski definition) is 2. The molecule has 3 N–H and O–H groups in total. The summed E-state index contributed by atoms with van der Waals surface area (Å²) in [6.07, 6.45) is 8.20. The standard InChI is InChI=1S/C11H26N2.C2H4O2.Na/c1-3-4-5-6-7-8-9-13-11(2)10-12;1-2(3)4;/h11,13H,3-10,12H2,1-2H3;1H3,(H,3,4);/q;;+1/p-1. The second-order valence-electron chi connectivity index (χ2n) is 4.35. The number of hydrogen-bond acceptors (Lipinski definition) is 4. The monoisotopic (exact) mass is 268 g/mol. The van der Waals surface area contributed by atoms with Crippen LogP contribution in [0, 0.1) is 0 Å². The molecule has 1 unspecified atom stereocenters. The Kier molecular flexibility index (Phi) is 25.7. The van der Waals surface area contributed by atoms with Gasteiger partial charge in [0.25, 0.3) is 0 Å². The predicted molar refractivity (Wildman–Crippen MR) is 70.6 cm³/mol. The van der Waals surface area contributed by atoms with Gasteiger partial charge in [-0.15, -0.1) is 0 Å². The van der Waals surface area contributed by atoms with E-state index in [1.165, 1.54) is 38.5 Å². The van der Waals surface area contributed by atoms with Gasteiger partial charge in [0.1, 0.15) is 0 Å². The summed E-state index contributed by atoms with van der Waals surface area (Å²) in [5, 5.41) is 12.3. The van der Waals surface area contributed by atoms with Crippen molar-refractivity contribution in [1.82, 2.24) is 5.32 Å². The van der Waals surface area contributed by atoms with Crippen LogP contribution in [0.5, 0.6) is 0 Å². The molecule has 1 atom stereocenters. The molecule has 0 aliphatic heterocycles. The van der Waals surface area contributed by atoms with Gasteiger partial charge in [0, 0.05) is 18.6 Å².